The number of ketones is 1. The highest BCUT2D eigenvalue weighted by molar-refractivity contribution is 6.03. The van der Waals surface area contributed by atoms with E-state index in [1.54, 1.807) is 6.92 Å². The molecule has 1 aliphatic rings. The highest BCUT2D eigenvalue weighted by Gasteiger charge is 2.41. The van der Waals surface area contributed by atoms with E-state index in [1.165, 1.54) is 0 Å². The van der Waals surface area contributed by atoms with Gasteiger partial charge in [0, 0.05) is 18.1 Å². The van der Waals surface area contributed by atoms with Crippen molar-refractivity contribution in [3.63, 3.8) is 0 Å². The SMILES string of the molecule is CC/C=C\C/C=C\C/C=C\CCCCCCCC1(O)CC(=O)c2c(O)cc(O)c(C)c2O1. The first kappa shape index (κ1) is 25.7. The molecule has 1 aromatic rings. The molecule has 2 rings (SSSR count). The van der Waals surface area contributed by atoms with E-state index in [0.717, 1.165) is 63.9 Å². The number of ether oxygens (including phenoxy) is 1. The Kier molecular flexibility index (Phi) is 10.5. The summed E-state index contributed by atoms with van der Waals surface area (Å²) in [6.07, 6.45) is 22.6. The summed E-state index contributed by atoms with van der Waals surface area (Å²) in [5.74, 6) is -2.34. The third kappa shape index (κ3) is 7.86. The lowest BCUT2D eigenvalue weighted by Gasteiger charge is -2.34. The van der Waals surface area contributed by atoms with Crippen molar-refractivity contribution in [3.8, 4) is 17.2 Å². The summed E-state index contributed by atoms with van der Waals surface area (Å²) in [5, 5.41) is 30.6. The van der Waals surface area contributed by atoms with Crippen molar-refractivity contribution in [1.29, 1.82) is 0 Å². The van der Waals surface area contributed by atoms with Crippen LogP contribution in [-0.4, -0.2) is 26.9 Å². The van der Waals surface area contributed by atoms with Gasteiger partial charge in [-0.1, -0.05) is 62.6 Å². The lowest BCUT2D eigenvalue weighted by molar-refractivity contribution is -0.145. The summed E-state index contributed by atoms with van der Waals surface area (Å²) in [5.41, 5.74) is 0.392. The van der Waals surface area contributed by atoms with Crippen LogP contribution in [0.2, 0.25) is 0 Å². The van der Waals surface area contributed by atoms with Crippen molar-refractivity contribution >= 4 is 5.78 Å². The third-order valence-electron chi connectivity index (χ3n) is 5.71. The molecule has 0 saturated heterocycles. The van der Waals surface area contributed by atoms with Crippen LogP contribution in [0, 0.1) is 6.92 Å². The maximum atomic E-state index is 12.5. The summed E-state index contributed by atoms with van der Waals surface area (Å²) in [4.78, 5) is 12.5. The van der Waals surface area contributed by atoms with Crippen molar-refractivity contribution in [2.75, 3.05) is 0 Å². The van der Waals surface area contributed by atoms with E-state index in [0.29, 0.717) is 12.0 Å². The zero-order valence-electron chi connectivity index (χ0n) is 19.5. The van der Waals surface area contributed by atoms with E-state index >= 15 is 0 Å². The fraction of sp³-hybridized carbons (Fsp3) is 0.519. The molecule has 0 saturated carbocycles. The summed E-state index contributed by atoms with van der Waals surface area (Å²) in [7, 11) is 0. The minimum Gasteiger partial charge on any atom is -0.507 e. The zero-order chi connectivity index (χ0) is 23.4. The van der Waals surface area contributed by atoms with Gasteiger partial charge < -0.3 is 20.1 Å². The molecule has 5 heteroatoms. The Morgan fingerprint density at radius 3 is 2.28 bits per heavy atom. The standard InChI is InChI=1S/C27H38O5/c1-3-4-5-6-7-8-9-10-11-12-13-14-15-16-17-18-27(31)20-24(30)25-23(29)19-22(28)21(2)26(25)32-27/h4-5,7-8,10-11,19,28-29,31H,3,6,9,12-18,20H2,1-2H3/b5-4-,8-7-,11-10-. The van der Waals surface area contributed by atoms with Crippen LogP contribution in [0.1, 0.15) is 93.5 Å². The molecule has 32 heavy (non-hydrogen) atoms. The Balaban J connectivity index is 1.63. The Hall–Kier alpha value is -2.53. The molecule has 1 aliphatic heterocycles. The molecule has 1 atom stereocenters. The number of hydrogen-bond acceptors (Lipinski definition) is 5. The average molecular weight is 443 g/mol. The van der Waals surface area contributed by atoms with Gasteiger partial charge in [-0.25, -0.2) is 0 Å². The van der Waals surface area contributed by atoms with Crippen LogP contribution in [0.3, 0.4) is 0 Å². The van der Waals surface area contributed by atoms with Crippen LogP contribution in [0.15, 0.2) is 42.5 Å². The predicted octanol–water partition coefficient (Wildman–Crippen LogP) is 6.65. The lowest BCUT2D eigenvalue weighted by atomic mass is 9.92. The first-order chi connectivity index (χ1) is 15.4. The van der Waals surface area contributed by atoms with Gasteiger partial charge in [0.15, 0.2) is 5.78 Å². The van der Waals surface area contributed by atoms with Crippen molar-refractivity contribution in [3.05, 3.63) is 53.6 Å². The number of fused-ring (bicyclic) bond motifs is 1. The molecule has 0 spiro atoms. The van der Waals surface area contributed by atoms with Gasteiger partial charge in [0.1, 0.15) is 22.8 Å². The third-order valence-corrected chi connectivity index (χ3v) is 5.71. The van der Waals surface area contributed by atoms with Gasteiger partial charge in [0.2, 0.25) is 5.79 Å². The number of carbonyl (C=O) groups excluding carboxylic acids is 1. The molecule has 1 unspecified atom stereocenters. The highest BCUT2D eigenvalue weighted by atomic mass is 16.6. The van der Waals surface area contributed by atoms with Gasteiger partial charge >= 0.3 is 0 Å². The van der Waals surface area contributed by atoms with E-state index in [9.17, 15) is 20.1 Å². The van der Waals surface area contributed by atoms with Gasteiger partial charge in [-0.3, -0.25) is 4.79 Å². The Bertz CT molecular complexity index is 837. The number of phenolic OH excluding ortho intramolecular Hbond substituents is 2. The van der Waals surface area contributed by atoms with E-state index < -0.39 is 5.79 Å². The number of benzene rings is 1. The number of allylic oxidation sites excluding steroid dienone is 6. The Morgan fingerprint density at radius 2 is 1.56 bits per heavy atom. The van der Waals surface area contributed by atoms with Crippen LogP contribution < -0.4 is 4.74 Å². The Labute approximate surface area is 192 Å². The molecule has 176 valence electrons. The maximum Gasteiger partial charge on any atom is 0.215 e. The summed E-state index contributed by atoms with van der Waals surface area (Å²) >= 11 is 0. The molecule has 0 amide bonds. The summed E-state index contributed by atoms with van der Waals surface area (Å²) < 4.78 is 5.70. The van der Waals surface area contributed by atoms with E-state index in [4.69, 9.17) is 4.74 Å². The molecule has 5 nitrogen and oxygen atoms in total. The minimum atomic E-state index is -1.59. The molecular weight excluding hydrogens is 404 g/mol. The summed E-state index contributed by atoms with van der Waals surface area (Å²) in [6, 6.07) is 1.14. The molecule has 1 aromatic carbocycles. The normalized spacial score (nSPS) is 18.7. The topological polar surface area (TPSA) is 87.0 Å². The summed E-state index contributed by atoms with van der Waals surface area (Å²) in [6.45, 7) is 3.74. The van der Waals surface area contributed by atoms with Crippen molar-refractivity contribution in [2.24, 2.45) is 0 Å². The molecule has 0 aromatic heterocycles. The fourth-order valence-corrected chi connectivity index (χ4v) is 3.85. The molecule has 0 radical (unpaired) electrons. The van der Waals surface area contributed by atoms with Crippen LogP contribution in [0.25, 0.3) is 0 Å². The number of unbranched alkanes of at least 4 members (excludes halogenated alkanes) is 5. The minimum absolute atomic E-state index is 0.0434. The zero-order valence-corrected chi connectivity index (χ0v) is 19.5. The monoisotopic (exact) mass is 442 g/mol. The van der Waals surface area contributed by atoms with Crippen molar-refractivity contribution < 1.29 is 24.9 Å². The van der Waals surface area contributed by atoms with E-state index in [-0.39, 0.29) is 35.0 Å². The van der Waals surface area contributed by atoms with Crippen molar-refractivity contribution in [1.82, 2.24) is 0 Å². The van der Waals surface area contributed by atoms with E-state index in [1.807, 2.05) is 0 Å². The van der Waals surface area contributed by atoms with E-state index in [2.05, 4.69) is 43.4 Å². The van der Waals surface area contributed by atoms with Gasteiger partial charge in [-0.15, -0.1) is 0 Å². The second kappa shape index (κ2) is 13.1. The molecule has 0 fully saturated rings. The van der Waals surface area contributed by atoms with Crippen LogP contribution in [0.4, 0.5) is 0 Å². The average Bonchev–Trinajstić information content (AvgIpc) is 2.74. The molecule has 3 N–H and O–H groups in total. The number of phenols is 2. The molecule has 1 heterocycles. The molecule has 0 aliphatic carbocycles. The predicted molar refractivity (Wildman–Crippen MR) is 128 cm³/mol. The van der Waals surface area contributed by atoms with Crippen LogP contribution in [0.5, 0.6) is 17.2 Å². The lowest BCUT2D eigenvalue weighted by Crippen LogP contribution is -2.42. The highest BCUT2D eigenvalue weighted by Crippen LogP contribution is 2.44. The second-order valence-corrected chi connectivity index (χ2v) is 8.49. The number of aromatic hydroxyl groups is 2. The Morgan fingerprint density at radius 1 is 0.938 bits per heavy atom. The smallest absolute Gasteiger partial charge is 0.215 e. The van der Waals surface area contributed by atoms with Gasteiger partial charge in [-0.2, -0.15) is 0 Å². The number of hydrogen-bond donors (Lipinski definition) is 3. The largest absolute Gasteiger partial charge is 0.507 e. The first-order valence-electron chi connectivity index (χ1n) is 11.8. The molecular formula is C27H38O5. The molecule has 0 bridgehead atoms. The van der Waals surface area contributed by atoms with Crippen molar-refractivity contribution in [2.45, 2.75) is 90.3 Å². The van der Waals surface area contributed by atoms with Gasteiger partial charge in [0.25, 0.3) is 0 Å². The quantitative estimate of drug-likeness (QED) is 0.235. The van der Waals surface area contributed by atoms with Gasteiger partial charge in [-0.05, 0) is 45.4 Å². The van der Waals surface area contributed by atoms with Crippen LogP contribution >= 0.6 is 0 Å². The number of carbonyl (C=O) groups is 1. The maximum absolute atomic E-state index is 12.5. The number of rotatable bonds is 13. The first-order valence-corrected chi connectivity index (χ1v) is 11.8. The number of aliphatic hydroxyl groups is 1. The fourth-order valence-electron chi connectivity index (χ4n) is 3.85. The second-order valence-electron chi connectivity index (χ2n) is 8.49. The number of Topliss-reactive ketones (excluding diaryl/α,β-unsaturated/α-hetero) is 1. The van der Waals surface area contributed by atoms with Crippen LogP contribution in [-0.2, 0) is 0 Å². The van der Waals surface area contributed by atoms with Gasteiger partial charge in [0.05, 0.1) is 6.42 Å².